The van der Waals surface area contributed by atoms with Gasteiger partial charge in [-0.05, 0) is 30.4 Å². The van der Waals surface area contributed by atoms with Gasteiger partial charge >= 0.3 is 0 Å². The Labute approximate surface area is 115 Å². The molecule has 0 bridgehead atoms. The predicted molar refractivity (Wildman–Crippen MR) is 79.2 cm³/mol. The first kappa shape index (κ1) is 13.5. The number of nitrogens with zero attached hydrogens (tertiary/aromatic N) is 2. The molecule has 0 spiro atoms. The third kappa shape index (κ3) is 4.36. The molecule has 1 aromatic carbocycles. The van der Waals surface area contributed by atoms with Crippen molar-refractivity contribution < 1.29 is 0 Å². The SMILES string of the molecule is Cc1ccnc(NCC(C)(C)Cc2ccccc2)n1. The summed E-state index contributed by atoms with van der Waals surface area (Å²) in [5.41, 5.74) is 2.51. The molecule has 1 heterocycles. The van der Waals surface area contributed by atoms with Crippen LogP contribution in [0.3, 0.4) is 0 Å². The zero-order chi connectivity index (χ0) is 13.7. The van der Waals surface area contributed by atoms with Crippen LogP contribution in [0.25, 0.3) is 0 Å². The molecule has 0 radical (unpaired) electrons. The number of rotatable bonds is 5. The standard InChI is InChI=1S/C16H21N3/c1-13-9-10-17-15(19-13)18-12-16(2,3)11-14-7-5-4-6-8-14/h4-10H,11-12H2,1-3H3,(H,17,18,19). The molecule has 0 fully saturated rings. The van der Waals surface area contributed by atoms with E-state index in [-0.39, 0.29) is 5.41 Å². The Kier molecular flexibility index (Phi) is 4.15. The summed E-state index contributed by atoms with van der Waals surface area (Å²) in [4.78, 5) is 8.59. The summed E-state index contributed by atoms with van der Waals surface area (Å²) < 4.78 is 0. The average molecular weight is 255 g/mol. The van der Waals surface area contributed by atoms with Crippen LogP contribution >= 0.6 is 0 Å². The smallest absolute Gasteiger partial charge is 0.222 e. The fourth-order valence-electron chi connectivity index (χ4n) is 2.06. The summed E-state index contributed by atoms with van der Waals surface area (Å²) >= 11 is 0. The first-order chi connectivity index (χ1) is 9.05. The van der Waals surface area contributed by atoms with Gasteiger partial charge in [0.2, 0.25) is 5.95 Å². The molecule has 2 aromatic rings. The minimum atomic E-state index is 0.161. The number of hydrogen-bond donors (Lipinski definition) is 1. The van der Waals surface area contributed by atoms with E-state index in [0.717, 1.165) is 18.7 Å². The molecule has 0 amide bonds. The second kappa shape index (κ2) is 5.83. The second-order valence-corrected chi connectivity index (χ2v) is 5.70. The quantitative estimate of drug-likeness (QED) is 0.889. The van der Waals surface area contributed by atoms with E-state index in [1.807, 2.05) is 13.0 Å². The lowest BCUT2D eigenvalue weighted by Gasteiger charge is -2.25. The number of hydrogen-bond acceptors (Lipinski definition) is 3. The van der Waals surface area contributed by atoms with Crippen LogP contribution in [0.4, 0.5) is 5.95 Å². The van der Waals surface area contributed by atoms with Crippen LogP contribution in [0.1, 0.15) is 25.1 Å². The summed E-state index contributed by atoms with van der Waals surface area (Å²) in [6.07, 6.45) is 2.82. The van der Waals surface area contributed by atoms with Crippen molar-refractivity contribution in [2.24, 2.45) is 5.41 Å². The average Bonchev–Trinajstić information content (AvgIpc) is 2.37. The Balaban J connectivity index is 1.94. The molecule has 0 atom stereocenters. The Morgan fingerprint density at radius 1 is 1.11 bits per heavy atom. The van der Waals surface area contributed by atoms with E-state index in [1.165, 1.54) is 5.56 Å². The number of benzene rings is 1. The molecule has 0 aliphatic rings. The molecular formula is C16H21N3. The van der Waals surface area contributed by atoms with Gasteiger partial charge in [-0.3, -0.25) is 0 Å². The molecule has 1 N–H and O–H groups in total. The van der Waals surface area contributed by atoms with Crippen LogP contribution in [0.5, 0.6) is 0 Å². The van der Waals surface area contributed by atoms with E-state index in [4.69, 9.17) is 0 Å². The highest BCUT2D eigenvalue weighted by atomic mass is 15.1. The van der Waals surface area contributed by atoms with Crippen molar-refractivity contribution in [3.63, 3.8) is 0 Å². The van der Waals surface area contributed by atoms with Crippen molar-refractivity contribution in [1.82, 2.24) is 9.97 Å². The van der Waals surface area contributed by atoms with Gasteiger partial charge in [0.15, 0.2) is 0 Å². The molecule has 1 aromatic heterocycles. The molecule has 0 unspecified atom stereocenters. The Bertz CT molecular complexity index is 521. The third-order valence-electron chi connectivity index (χ3n) is 3.05. The van der Waals surface area contributed by atoms with Gasteiger partial charge in [0.1, 0.15) is 0 Å². The minimum absolute atomic E-state index is 0.161. The van der Waals surface area contributed by atoms with Crippen molar-refractivity contribution in [3.8, 4) is 0 Å². The van der Waals surface area contributed by atoms with E-state index in [2.05, 4.69) is 59.5 Å². The third-order valence-corrected chi connectivity index (χ3v) is 3.05. The van der Waals surface area contributed by atoms with Crippen molar-refractivity contribution in [1.29, 1.82) is 0 Å². The molecule has 0 aliphatic carbocycles. The van der Waals surface area contributed by atoms with Crippen LogP contribution in [-0.2, 0) is 6.42 Å². The van der Waals surface area contributed by atoms with Crippen LogP contribution in [0, 0.1) is 12.3 Å². The minimum Gasteiger partial charge on any atom is -0.354 e. The summed E-state index contributed by atoms with van der Waals surface area (Å²) in [5.74, 6) is 0.709. The number of nitrogens with one attached hydrogen (secondary N) is 1. The summed E-state index contributed by atoms with van der Waals surface area (Å²) in [7, 11) is 0. The van der Waals surface area contributed by atoms with Gasteiger partial charge < -0.3 is 5.32 Å². The van der Waals surface area contributed by atoms with Crippen LogP contribution in [-0.4, -0.2) is 16.5 Å². The Morgan fingerprint density at radius 2 is 1.84 bits per heavy atom. The molecular weight excluding hydrogens is 234 g/mol. The van der Waals surface area contributed by atoms with Gasteiger partial charge in [-0.2, -0.15) is 0 Å². The van der Waals surface area contributed by atoms with Gasteiger partial charge in [0, 0.05) is 18.4 Å². The van der Waals surface area contributed by atoms with Gasteiger partial charge in [0.25, 0.3) is 0 Å². The Morgan fingerprint density at radius 3 is 2.53 bits per heavy atom. The van der Waals surface area contributed by atoms with E-state index >= 15 is 0 Å². The molecule has 2 rings (SSSR count). The summed E-state index contributed by atoms with van der Waals surface area (Å²) in [6, 6.07) is 12.5. The van der Waals surface area contributed by atoms with Crippen molar-refractivity contribution in [3.05, 3.63) is 53.9 Å². The zero-order valence-corrected chi connectivity index (χ0v) is 11.9. The maximum Gasteiger partial charge on any atom is 0.222 e. The second-order valence-electron chi connectivity index (χ2n) is 5.70. The van der Waals surface area contributed by atoms with Crippen molar-refractivity contribution in [2.75, 3.05) is 11.9 Å². The normalized spacial score (nSPS) is 11.3. The lowest BCUT2D eigenvalue weighted by Crippen LogP contribution is -2.26. The van der Waals surface area contributed by atoms with Gasteiger partial charge in [-0.1, -0.05) is 44.2 Å². The lowest BCUT2D eigenvalue weighted by molar-refractivity contribution is 0.388. The van der Waals surface area contributed by atoms with Gasteiger partial charge in [-0.25, -0.2) is 9.97 Å². The van der Waals surface area contributed by atoms with E-state index < -0.39 is 0 Å². The Hall–Kier alpha value is -1.90. The van der Waals surface area contributed by atoms with Crippen LogP contribution < -0.4 is 5.32 Å². The van der Waals surface area contributed by atoms with E-state index in [0.29, 0.717) is 5.95 Å². The topological polar surface area (TPSA) is 37.8 Å². The summed E-state index contributed by atoms with van der Waals surface area (Å²) in [5, 5.41) is 3.32. The predicted octanol–water partition coefficient (Wildman–Crippen LogP) is 3.47. The monoisotopic (exact) mass is 255 g/mol. The number of anilines is 1. The highest BCUT2D eigenvalue weighted by molar-refractivity contribution is 5.25. The first-order valence-corrected chi connectivity index (χ1v) is 6.63. The largest absolute Gasteiger partial charge is 0.354 e. The molecule has 3 nitrogen and oxygen atoms in total. The van der Waals surface area contributed by atoms with Crippen LogP contribution in [0.2, 0.25) is 0 Å². The fourth-order valence-corrected chi connectivity index (χ4v) is 2.06. The van der Waals surface area contributed by atoms with Gasteiger partial charge in [-0.15, -0.1) is 0 Å². The zero-order valence-electron chi connectivity index (χ0n) is 11.9. The van der Waals surface area contributed by atoms with Crippen LogP contribution in [0.15, 0.2) is 42.6 Å². The molecule has 0 saturated carbocycles. The fraction of sp³-hybridized carbons (Fsp3) is 0.375. The molecule has 0 aliphatic heterocycles. The highest BCUT2D eigenvalue weighted by Crippen LogP contribution is 2.21. The maximum atomic E-state index is 4.36. The van der Waals surface area contributed by atoms with E-state index in [1.54, 1.807) is 6.20 Å². The van der Waals surface area contributed by atoms with Crippen molar-refractivity contribution in [2.45, 2.75) is 27.2 Å². The van der Waals surface area contributed by atoms with E-state index in [9.17, 15) is 0 Å². The number of aromatic nitrogens is 2. The molecule has 0 saturated heterocycles. The first-order valence-electron chi connectivity index (χ1n) is 6.63. The molecule has 100 valence electrons. The lowest BCUT2D eigenvalue weighted by atomic mass is 9.86. The number of aryl methyl sites for hydroxylation is 1. The van der Waals surface area contributed by atoms with Gasteiger partial charge in [0.05, 0.1) is 0 Å². The summed E-state index contributed by atoms with van der Waals surface area (Å²) in [6.45, 7) is 7.33. The highest BCUT2D eigenvalue weighted by Gasteiger charge is 2.18. The van der Waals surface area contributed by atoms with Crippen molar-refractivity contribution >= 4 is 5.95 Å². The maximum absolute atomic E-state index is 4.36. The molecule has 3 heteroatoms. The molecule has 19 heavy (non-hydrogen) atoms.